The van der Waals surface area contributed by atoms with Crippen LogP contribution in [0, 0.1) is 11.6 Å². The third kappa shape index (κ3) is 20.3. The van der Waals surface area contributed by atoms with Crippen molar-refractivity contribution < 1.29 is 131 Å². The molecule has 0 saturated heterocycles. The third-order valence-electron chi connectivity index (χ3n) is 15.3. The number of amides is 2. The molecule has 0 bridgehead atoms. The Labute approximate surface area is 561 Å². The Morgan fingerprint density at radius 2 is 0.680 bits per heavy atom. The summed E-state index contributed by atoms with van der Waals surface area (Å²) in [5, 5.41) is 0. The Morgan fingerprint density at radius 3 is 0.930 bits per heavy atom. The molecule has 11 nitrogen and oxygen atoms in total. The number of carbonyl (C=O) groups excluding carboxylic acids is 3. The molecule has 6 rings (SSSR count). The van der Waals surface area contributed by atoms with Gasteiger partial charge < -0.3 is 28.4 Å². The highest BCUT2D eigenvalue weighted by Crippen LogP contribution is 2.46. The topological polar surface area (TPSA) is 113 Å². The third-order valence-corrected chi connectivity index (χ3v) is 15.3. The number of rotatable bonds is 20. The van der Waals surface area contributed by atoms with Crippen LogP contribution in [0.25, 0.3) is 22.3 Å². The first-order valence-corrected chi connectivity index (χ1v) is 30.4. The average molecular weight is 1450 g/mol. The van der Waals surface area contributed by atoms with Gasteiger partial charge in [0.05, 0.1) is 72.8 Å². The summed E-state index contributed by atoms with van der Waals surface area (Å²) in [7, 11) is 2.10. The SMILES string of the molecule is CCCc1cc(-c2ccc(C(F)(F)F)cc2CN(C(=O)OC(C)(C)C)[C@@H](C)[C@H](OC(=O)O[C@H](c2cc(C(F)(F)F)cc(C(F)(F)F)c2)[C@H](C)N(Cc2cc(C(F)(F)F)ccc2-c2cc(CCC)c(F)cc2OC)C(=O)OC(C)(C)C)c2cc(C(F)(F)F)cc(C(F)(F)F)c2)c(OC)cc1F. The molecule has 31 heteroatoms. The predicted octanol–water partition coefficient (Wildman–Crippen LogP) is 21.9. The molecule has 6 aromatic carbocycles. The summed E-state index contributed by atoms with van der Waals surface area (Å²) in [5.41, 5.74) is -19.8. The Balaban J connectivity index is 1.70. The fourth-order valence-electron chi connectivity index (χ4n) is 10.7. The van der Waals surface area contributed by atoms with E-state index in [2.05, 4.69) is 0 Å². The van der Waals surface area contributed by atoms with Crippen molar-refractivity contribution in [3.63, 3.8) is 0 Å². The molecule has 548 valence electrons. The van der Waals surface area contributed by atoms with Gasteiger partial charge >= 0.3 is 55.4 Å². The van der Waals surface area contributed by atoms with E-state index in [-0.39, 0.29) is 82.0 Å². The van der Waals surface area contributed by atoms with Crippen LogP contribution in [0.1, 0.15) is 161 Å². The summed E-state index contributed by atoms with van der Waals surface area (Å²) >= 11 is 0. The molecule has 0 spiro atoms. The van der Waals surface area contributed by atoms with E-state index in [1.165, 1.54) is 53.7 Å². The lowest BCUT2D eigenvalue weighted by molar-refractivity contribution is -0.144. The number of aryl methyl sites for hydroxylation is 2. The molecule has 0 aliphatic carbocycles. The number of hydrogen-bond acceptors (Lipinski definition) is 9. The van der Waals surface area contributed by atoms with E-state index >= 15 is 13.6 Å². The van der Waals surface area contributed by atoms with Gasteiger partial charge in [0.25, 0.3) is 0 Å². The maximum Gasteiger partial charge on any atom is 0.509 e. The van der Waals surface area contributed by atoms with Gasteiger partial charge in [0, 0.05) is 23.3 Å². The Bertz CT molecular complexity index is 3610. The number of hydrogen-bond donors (Lipinski definition) is 0. The number of ether oxygens (including phenoxy) is 6. The molecule has 0 fully saturated rings. The van der Waals surface area contributed by atoms with Gasteiger partial charge in [-0.2, -0.15) is 79.0 Å². The molecular weight excluding hydrogens is 1380 g/mol. The summed E-state index contributed by atoms with van der Waals surface area (Å²) in [5.74, 6) is -2.35. The first-order valence-electron chi connectivity index (χ1n) is 30.4. The summed E-state index contributed by atoms with van der Waals surface area (Å²) < 4.78 is 332. The van der Waals surface area contributed by atoms with Gasteiger partial charge in [0.2, 0.25) is 0 Å². The Morgan fingerprint density at radius 1 is 0.390 bits per heavy atom. The first kappa shape index (κ1) is 80.3. The van der Waals surface area contributed by atoms with Crippen LogP contribution in [0.2, 0.25) is 0 Å². The van der Waals surface area contributed by atoms with Crippen LogP contribution < -0.4 is 9.47 Å². The summed E-state index contributed by atoms with van der Waals surface area (Å²) in [6, 6.07) is 2.01. The molecular formula is C69H68F20N2O9. The predicted molar refractivity (Wildman–Crippen MR) is 323 cm³/mol. The molecule has 4 atom stereocenters. The number of benzene rings is 6. The first-order chi connectivity index (χ1) is 45.8. The van der Waals surface area contributed by atoms with Gasteiger partial charge in [-0.25, -0.2) is 23.2 Å². The quantitative estimate of drug-likeness (QED) is 0.0419. The number of carbonyl (C=O) groups is 3. The van der Waals surface area contributed by atoms with Crippen LogP contribution in [-0.4, -0.2) is 65.6 Å². The smallest absolute Gasteiger partial charge is 0.496 e. The number of alkyl halides is 18. The summed E-state index contributed by atoms with van der Waals surface area (Å²) in [4.78, 5) is 45.5. The van der Waals surface area contributed by atoms with Gasteiger partial charge in [0.15, 0.2) is 12.2 Å². The summed E-state index contributed by atoms with van der Waals surface area (Å²) in [6.07, 6.45) is -44.5. The second-order valence-electron chi connectivity index (χ2n) is 25.2. The molecule has 2 amide bonds. The van der Waals surface area contributed by atoms with Crippen molar-refractivity contribution in [2.24, 2.45) is 0 Å². The second-order valence-corrected chi connectivity index (χ2v) is 25.2. The van der Waals surface area contributed by atoms with Gasteiger partial charge in [-0.05, 0) is 186 Å². The van der Waals surface area contributed by atoms with E-state index in [0.717, 1.165) is 52.3 Å². The van der Waals surface area contributed by atoms with E-state index in [9.17, 15) is 88.6 Å². The molecule has 0 aliphatic heterocycles. The minimum Gasteiger partial charge on any atom is -0.496 e. The van der Waals surface area contributed by atoms with Crippen molar-refractivity contribution in [1.29, 1.82) is 0 Å². The second kappa shape index (κ2) is 30.3. The van der Waals surface area contributed by atoms with Crippen LogP contribution >= 0.6 is 0 Å². The van der Waals surface area contributed by atoms with E-state index < -0.39 is 183 Å². The lowest BCUT2D eigenvalue weighted by atomic mass is 9.92. The highest BCUT2D eigenvalue weighted by molar-refractivity contribution is 5.78. The van der Waals surface area contributed by atoms with Gasteiger partial charge in [-0.15, -0.1) is 0 Å². The van der Waals surface area contributed by atoms with Crippen LogP contribution in [0.15, 0.2) is 97.1 Å². The minimum atomic E-state index is -5.75. The van der Waals surface area contributed by atoms with Crippen molar-refractivity contribution in [2.75, 3.05) is 14.2 Å². The zero-order valence-corrected chi connectivity index (χ0v) is 55.4. The van der Waals surface area contributed by atoms with E-state index in [1.54, 1.807) is 13.8 Å². The zero-order chi connectivity index (χ0) is 75.5. The average Bonchev–Trinajstić information content (AvgIpc) is 0.785. The molecule has 0 aliphatic rings. The Hall–Kier alpha value is -8.67. The minimum absolute atomic E-state index is 0.0195. The number of nitrogens with zero attached hydrogens (tertiary/aromatic N) is 2. The maximum atomic E-state index is 15.5. The lowest BCUT2D eigenvalue weighted by Gasteiger charge is -2.38. The Kier molecular flexibility index (Phi) is 24.3. The van der Waals surface area contributed by atoms with Crippen molar-refractivity contribution in [2.45, 2.75) is 181 Å². The van der Waals surface area contributed by atoms with Crippen molar-refractivity contribution in [1.82, 2.24) is 9.80 Å². The van der Waals surface area contributed by atoms with Crippen molar-refractivity contribution >= 4 is 18.3 Å². The fraction of sp³-hybridized carbons (Fsp3) is 0.435. The molecule has 0 heterocycles. The van der Waals surface area contributed by atoms with Crippen LogP contribution in [0.3, 0.4) is 0 Å². The maximum absolute atomic E-state index is 15.5. The number of methoxy groups -OCH3 is 2. The van der Waals surface area contributed by atoms with E-state index in [0.29, 0.717) is 46.9 Å². The van der Waals surface area contributed by atoms with Crippen molar-refractivity contribution in [3.05, 3.63) is 175 Å². The molecule has 0 radical (unpaired) electrons. The number of halogens is 20. The van der Waals surface area contributed by atoms with Crippen LogP contribution in [0.5, 0.6) is 11.5 Å². The van der Waals surface area contributed by atoms with Crippen LogP contribution in [-0.2, 0) is 81.9 Å². The van der Waals surface area contributed by atoms with E-state index in [4.69, 9.17) is 28.4 Å². The molecule has 100 heavy (non-hydrogen) atoms. The molecule has 0 saturated carbocycles. The monoisotopic (exact) mass is 1450 g/mol. The molecule has 0 unspecified atom stereocenters. The van der Waals surface area contributed by atoms with E-state index in [1.807, 2.05) is 0 Å². The summed E-state index contributed by atoms with van der Waals surface area (Å²) in [6.45, 7) is 9.61. The normalized spacial score (nSPS) is 14.0. The standard InChI is InChI=1S/C69H68F20N2O9/c1-13-15-37-27-51(55(95-11)31-53(37)70)49-19-17-43(64(72,73)74)25-41(49)33-90(59(92)99-62(5,6)7)35(3)57(39-21-45(66(78,79)80)29-46(22-39)67(81,82)83)97-61(94)98-58(40-23-47(68(84,85)86)30-48(24-40)69(87,88)89)36(4)91(60(93)100-63(8,9)10)34-42-26-44(65(75,76)77)18-20-50(42)52-28-38(16-14-2)54(71)32-56(52)96-12/h17-32,35-36,57-58H,13-16,33-34H2,1-12H3/t35-,36-,57-,58-/m0/s1. The fourth-order valence-corrected chi connectivity index (χ4v) is 10.7. The molecule has 6 aromatic rings. The lowest BCUT2D eigenvalue weighted by Crippen LogP contribution is -2.46. The zero-order valence-electron chi connectivity index (χ0n) is 55.4. The highest BCUT2D eigenvalue weighted by atomic mass is 19.4. The van der Waals surface area contributed by atoms with Crippen LogP contribution in [0.4, 0.5) is 102 Å². The van der Waals surface area contributed by atoms with Gasteiger partial charge in [-0.1, -0.05) is 38.8 Å². The van der Waals surface area contributed by atoms with Crippen molar-refractivity contribution in [3.8, 4) is 33.8 Å². The van der Waals surface area contributed by atoms with Gasteiger partial charge in [-0.3, -0.25) is 9.80 Å². The largest absolute Gasteiger partial charge is 0.509 e. The molecule has 0 N–H and O–H groups in total. The van der Waals surface area contributed by atoms with Gasteiger partial charge in [0.1, 0.15) is 34.3 Å². The highest BCUT2D eigenvalue weighted by Gasteiger charge is 2.45. The molecule has 0 aromatic heterocycles.